The van der Waals surface area contributed by atoms with Crippen molar-refractivity contribution in [3.8, 4) is 11.5 Å². The zero-order valence-corrected chi connectivity index (χ0v) is 15.5. The predicted molar refractivity (Wildman–Crippen MR) is 100 cm³/mol. The molecule has 0 spiro atoms. The van der Waals surface area contributed by atoms with E-state index in [0.29, 0.717) is 29.5 Å². The first-order valence-electron chi connectivity index (χ1n) is 8.57. The van der Waals surface area contributed by atoms with Crippen LogP contribution in [-0.4, -0.2) is 15.8 Å². The summed E-state index contributed by atoms with van der Waals surface area (Å²) in [7, 11) is 0. The average molecular weight is 420 g/mol. The quantitative estimate of drug-likeness (QED) is 0.455. The van der Waals surface area contributed by atoms with E-state index in [-0.39, 0.29) is 12.1 Å². The molecule has 11 heteroatoms. The molecule has 30 heavy (non-hydrogen) atoms. The normalized spacial score (nSPS) is 11.2. The monoisotopic (exact) mass is 420 g/mol. The van der Waals surface area contributed by atoms with Gasteiger partial charge in [0.1, 0.15) is 11.4 Å². The van der Waals surface area contributed by atoms with Crippen LogP contribution in [0.1, 0.15) is 17.0 Å². The van der Waals surface area contributed by atoms with Gasteiger partial charge in [-0.1, -0.05) is 18.2 Å². The summed E-state index contributed by atoms with van der Waals surface area (Å²) in [5.74, 6) is 0.145. The number of nitrogens with zero attached hydrogens (tertiary/aromatic N) is 2. The van der Waals surface area contributed by atoms with Crippen LogP contribution in [0.5, 0.6) is 0 Å². The van der Waals surface area contributed by atoms with Gasteiger partial charge in [0.05, 0.1) is 22.6 Å². The number of rotatable bonds is 6. The molecule has 1 aromatic heterocycles. The standard InChI is InChI=1S/C19H15F3N4O4/c1-11-15(23-18(30-11)12-5-3-2-4-6-12)10-17(27)25-24-14-8-7-13(19(20,21)22)9-16(14)26(28)29/h2-9,24H,10H2,1H3,(H,25,27). The number of hydrogen-bond acceptors (Lipinski definition) is 6. The van der Waals surface area contributed by atoms with Gasteiger partial charge in [0.25, 0.3) is 5.69 Å². The molecule has 2 N–H and O–H groups in total. The molecule has 156 valence electrons. The summed E-state index contributed by atoms with van der Waals surface area (Å²) >= 11 is 0. The van der Waals surface area contributed by atoms with Crippen LogP contribution < -0.4 is 10.9 Å². The molecule has 1 heterocycles. The van der Waals surface area contributed by atoms with Crippen LogP contribution in [0.2, 0.25) is 0 Å². The van der Waals surface area contributed by atoms with E-state index < -0.39 is 28.3 Å². The van der Waals surface area contributed by atoms with E-state index in [1.807, 2.05) is 18.2 Å². The summed E-state index contributed by atoms with van der Waals surface area (Å²) in [5.41, 5.74) is 3.31. The molecule has 0 bridgehead atoms. The number of nitro benzene ring substituents is 1. The Balaban J connectivity index is 1.69. The van der Waals surface area contributed by atoms with Gasteiger partial charge in [-0.2, -0.15) is 13.2 Å². The second-order valence-electron chi connectivity index (χ2n) is 6.22. The van der Waals surface area contributed by atoms with Crippen LogP contribution >= 0.6 is 0 Å². The minimum Gasteiger partial charge on any atom is -0.441 e. The lowest BCUT2D eigenvalue weighted by Crippen LogP contribution is -2.31. The fourth-order valence-corrected chi connectivity index (χ4v) is 2.59. The number of aryl methyl sites for hydroxylation is 1. The number of carbonyl (C=O) groups excluding carboxylic acids is 1. The number of carbonyl (C=O) groups is 1. The number of hydrazine groups is 1. The van der Waals surface area contributed by atoms with E-state index in [9.17, 15) is 28.1 Å². The molecule has 8 nitrogen and oxygen atoms in total. The van der Waals surface area contributed by atoms with Crippen molar-refractivity contribution in [1.82, 2.24) is 10.4 Å². The van der Waals surface area contributed by atoms with Crippen LogP contribution in [0.15, 0.2) is 52.9 Å². The maximum Gasteiger partial charge on any atom is 0.416 e. The zero-order chi connectivity index (χ0) is 21.9. The third kappa shape index (κ3) is 4.74. The summed E-state index contributed by atoms with van der Waals surface area (Å²) < 4.78 is 43.8. The number of nitro groups is 1. The number of benzene rings is 2. The molecule has 0 aliphatic heterocycles. The lowest BCUT2D eigenvalue weighted by molar-refractivity contribution is -0.384. The van der Waals surface area contributed by atoms with E-state index in [1.165, 1.54) is 0 Å². The van der Waals surface area contributed by atoms with E-state index >= 15 is 0 Å². The Labute approximate surface area is 167 Å². The first-order valence-corrected chi connectivity index (χ1v) is 8.57. The van der Waals surface area contributed by atoms with E-state index in [4.69, 9.17) is 4.42 Å². The molecule has 0 atom stereocenters. The summed E-state index contributed by atoms with van der Waals surface area (Å²) in [4.78, 5) is 26.6. The molecule has 2 aromatic carbocycles. The van der Waals surface area contributed by atoms with Crippen molar-refractivity contribution in [2.45, 2.75) is 19.5 Å². The van der Waals surface area contributed by atoms with E-state index in [1.54, 1.807) is 19.1 Å². The Hall–Kier alpha value is -3.89. The fraction of sp³-hybridized carbons (Fsp3) is 0.158. The van der Waals surface area contributed by atoms with Crippen LogP contribution in [0, 0.1) is 17.0 Å². The van der Waals surface area contributed by atoms with Gasteiger partial charge in [-0.15, -0.1) is 0 Å². The molecule has 0 unspecified atom stereocenters. The molecule has 0 saturated heterocycles. The third-order valence-electron chi connectivity index (χ3n) is 4.10. The molecular formula is C19H15F3N4O4. The topological polar surface area (TPSA) is 110 Å². The highest BCUT2D eigenvalue weighted by molar-refractivity contribution is 5.80. The largest absolute Gasteiger partial charge is 0.441 e. The van der Waals surface area contributed by atoms with Crippen molar-refractivity contribution >= 4 is 17.3 Å². The van der Waals surface area contributed by atoms with Crippen molar-refractivity contribution in [3.05, 3.63) is 75.7 Å². The lowest BCUT2D eigenvalue weighted by atomic mass is 10.1. The first kappa shape index (κ1) is 20.8. The van der Waals surface area contributed by atoms with Gasteiger partial charge in [0, 0.05) is 11.6 Å². The van der Waals surface area contributed by atoms with Gasteiger partial charge in [0.15, 0.2) is 0 Å². The van der Waals surface area contributed by atoms with Crippen molar-refractivity contribution in [2.75, 3.05) is 5.43 Å². The number of aromatic nitrogens is 1. The summed E-state index contributed by atoms with van der Waals surface area (Å²) in [6, 6.07) is 11.0. The van der Waals surface area contributed by atoms with Crippen LogP contribution in [0.3, 0.4) is 0 Å². The first-order chi connectivity index (χ1) is 14.1. The lowest BCUT2D eigenvalue weighted by Gasteiger charge is -2.11. The van der Waals surface area contributed by atoms with Gasteiger partial charge in [-0.25, -0.2) is 4.98 Å². The molecule has 1 amide bonds. The minimum absolute atomic E-state index is 0.205. The molecule has 3 rings (SSSR count). The molecule has 0 aliphatic carbocycles. The number of oxazole rings is 1. The van der Waals surface area contributed by atoms with Crippen molar-refractivity contribution < 1.29 is 27.3 Å². The molecule has 0 aliphatic rings. The highest BCUT2D eigenvalue weighted by Gasteiger charge is 2.33. The Kier molecular flexibility index (Phi) is 5.72. The highest BCUT2D eigenvalue weighted by Crippen LogP contribution is 2.34. The van der Waals surface area contributed by atoms with Gasteiger partial charge < -0.3 is 4.42 Å². The summed E-state index contributed by atoms with van der Waals surface area (Å²) in [6.07, 6.45) is -4.93. The van der Waals surface area contributed by atoms with Crippen molar-refractivity contribution in [3.63, 3.8) is 0 Å². The Bertz CT molecular complexity index is 1080. The maximum atomic E-state index is 12.8. The average Bonchev–Trinajstić information content (AvgIpc) is 3.06. The van der Waals surface area contributed by atoms with Crippen LogP contribution in [-0.2, 0) is 17.4 Å². The number of alkyl halides is 3. The molecule has 3 aromatic rings. The third-order valence-corrected chi connectivity index (χ3v) is 4.10. The van der Waals surface area contributed by atoms with Crippen molar-refractivity contribution in [1.29, 1.82) is 0 Å². The predicted octanol–water partition coefficient (Wildman–Crippen LogP) is 4.26. The molecular weight excluding hydrogens is 405 g/mol. The Morgan fingerprint density at radius 1 is 1.20 bits per heavy atom. The van der Waals surface area contributed by atoms with Crippen molar-refractivity contribution in [2.24, 2.45) is 0 Å². The highest BCUT2D eigenvalue weighted by atomic mass is 19.4. The molecule has 0 radical (unpaired) electrons. The van der Waals surface area contributed by atoms with Gasteiger partial charge >= 0.3 is 6.18 Å². The SMILES string of the molecule is Cc1oc(-c2ccccc2)nc1CC(=O)NNc1ccc(C(F)(F)F)cc1[N+](=O)[O-]. The summed E-state index contributed by atoms with van der Waals surface area (Å²) in [6.45, 7) is 1.64. The van der Waals surface area contributed by atoms with Gasteiger partial charge in [-0.05, 0) is 31.2 Å². The molecule has 0 saturated carbocycles. The number of halogens is 3. The van der Waals surface area contributed by atoms with Crippen LogP contribution in [0.4, 0.5) is 24.5 Å². The number of anilines is 1. The zero-order valence-electron chi connectivity index (χ0n) is 15.5. The molecule has 0 fully saturated rings. The smallest absolute Gasteiger partial charge is 0.416 e. The minimum atomic E-state index is -4.73. The Morgan fingerprint density at radius 2 is 1.90 bits per heavy atom. The van der Waals surface area contributed by atoms with Crippen LogP contribution in [0.25, 0.3) is 11.5 Å². The van der Waals surface area contributed by atoms with E-state index in [2.05, 4.69) is 15.8 Å². The van der Waals surface area contributed by atoms with E-state index in [0.717, 1.165) is 11.6 Å². The Morgan fingerprint density at radius 3 is 2.53 bits per heavy atom. The van der Waals surface area contributed by atoms with Gasteiger partial charge in [0.2, 0.25) is 11.8 Å². The number of nitrogens with one attached hydrogen (secondary N) is 2. The second-order valence-corrected chi connectivity index (χ2v) is 6.22. The fourth-order valence-electron chi connectivity index (χ4n) is 2.59. The second kappa shape index (κ2) is 8.23. The van der Waals surface area contributed by atoms with Gasteiger partial charge in [-0.3, -0.25) is 25.8 Å². The maximum absolute atomic E-state index is 12.8. The number of amides is 1. The number of hydrogen-bond donors (Lipinski definition) is 2. The summed E-state index contributed by atoms with van der Waals surface area (Å²) in [5, 5.41) is 11.1.